The topological polar surface area (TPSA) is 84.8 Å². The van der Waals surface area contributed by atoms with Gasteiger partial charge in [0.1, 0.15) is 24.4 Å². The second-order valence-corrected chi connectivity index (χ2v) is 7.75. The van der Waals surface area contributed by atoms with Gasteiger partial charge in [0.05, 0.1) is 6.61 Å². The molecule has 0 radical (unpaired) electrons. The average Bonchev–Trinajstić information content (AvgIpc) is 3.12. The van der Waals surface area contributed by atoms with Crippen LogP contribution in [0.1, 0.15) is 27.7 Å². The van der Waals surface area contributed by atoms with Gasteiger partial charge in [-0.15, -0.1) is 0 Å². The van der Waals surface area contributed by atoms with Crippen molar-refractivity contribution in [1.82, 2.24) is 0 Å². The number of aliphatic hydroxyl groups is 1. The minimum Gasteiger partial charge on any atom is -0.386 e. The van der Waals surface area contributed by atoms with Gasteiger partial charge in [0.25, 0.3) is 0 Å². The number of fused-ring (bicyclic) bond motifs is 2. The van der Waals surface area contributed by atoms with Gasteiger partial charge in [-0.25, -0.2) is 0 Å². The third kappa shape index (κ3) is 2.76. The number of hydrogen-bond acceptors (Lipinski definition) is 8. The molecule has 0 aliphatic carbocycles. The lowest BCUT2D eigenvalue weighted by molar-refractivity contribution is -0.296. The van der Waals surface area contributed by atoms with Crippen molar-refractivity contribution in [3.05, 3.63) is 12.2 Å². The first-order valence-corrected chi connectivity index (χ1v) is 8.57. The molecule has 1 spiro atoms. The molecule has 0 saturated carbocycles. The van der Waals surface area contributed by atoms with Crippen LogP contribution in [0.15, 0.2) is 12.2 Å². The molecular formula is C17H26O8. The highest BCUT2D eigenvalue weighted by Gasteiger charge is 2.71. The van der Waals surface area contributed by atoms with Gasteiger partial charge in [0, 0.05) is 7.11 Å². The maximum absolute atomic E-state index is 10.9. The van der Waals surface area contributed by atoms with Gasteiger partial charge < -0.3 is 38.3 Å². The van der Waals surface area contributed by atoms with Crippen LogP contribution in [0.3, 0.4) is 0 Å². The molecule has 7 atom stereocenters. The van der Waals surface area contributed by atoms with Crippen molar-refractivity contribution in [2.24, 2.45) is 0 Å². The maximum Gasteiger partial charge on any atom is 0.190 e. The fourth-order valence-electron chi connectivity index (χ4n) is 4.04. The molecule has 0 amide bonds. The number of rotatable bonds is 2. The number of aliphatic hydroxyl groups excluding tert-OH is 1. The highest BCUT2D eigenvalue weighted by atomic mass is 16.9. The summed E-state index contributed by atoms with van der Waals surface area (Å²) in [5, 5.41) is 10.9. The molecule has 8 nitrogen and oxygen atoms in total. The van der Waals surface area contributed by atoms with Crippen LogP contribution in [-0.2, 0) is 33.2 Å². The molecule has 0 unspecified atom stereocenters. The Labute approximate surface area is 146 Å². The van der Waals surface area contributed by atoms with Crippen LogP contribution >= 0.6 is 0 Å². The van der Waals surface area contributed by atoms with E-state index in [0.29, 0.717) is 6.61 Å². The molecule has 142 valence electrons. The molecule has 3 fully saturated rings. The van der Waals surface area contributed by atoms with Gasteiger partial charge in [0.15, 0.2) is 29.8 Å². The molecule has 0 bridgehead atoms. The molecular weight excluding hydrogens is 332 g/mol. The molecule has 1 N–H and O–H groups in total. The summed E-state index contributed by atoms with van der Waals surface area (Å²) in [5.41, 5.74) is -1.22. The predicted molar refractivity (Wildman–Crippen MR) is 83.4 cm³/mol. The summed E-state index contributed by atoms with van der Waals surface area (Å²) in [6.07, 6.45) is -0.668. The fraction of sp³-hybridized carbons (Fsp3) is 0.882. The highest BCUT2D eigenvalue weighted by molar-refractivity contribution is 5.20. The van der Waals surface area contributed by atoms with Crippen LogP contribution in [0, 0.1) is 0 Å². The predicted octanol–water partition coefficient (Wildman–Crippen LogP) is 0.673. The van der Waals surface area contributed by atoms with Crippen LogP contribution in [0.5, 0.6) is 0 Å². The van der Waals surface area contributed by atoms with Crippen LogP contribution in [0.25, 0.3) is 0 Å². The maximum atomic E-state index is 10.9. The standard InChI is InChI=1S/C17H26O8/c1-15(2)20-8-9(22-15)12-17(10(18)6-7-11(19-5)23-17)13-14(21-12)25-16(3,4)24-13/h6-7,9-14,18H,8H2,1-5H3/t9-,10-,11+,12-,13+,14-,17-/m1/s1. The summed E-state index contributed by atoms with van der Waals surface area (Å²) in [6, 6.07) is 0. The first-order valence-electron chi connectivity index (χ1n) is 8.57. The molecule has 4 aliphatic heterocycles. The molecule has 0 aromatic heterocycles. The highest BCUT2D eigenvalue weighted by Crippen LogP contribution is 2.51. The Hall–Kier alpha value is -0.580. The van der Waals surface area contributed by atoms with E-state index < -0.39 is 54.2 Å². The van der Waals surface area contributed by atoms with Crippen molar-refractivity contribution in [1.29, 1.82) is 0 Å². The molecule has 0 aromatic rings. The minimum atomic E-state index is -1.22. The lowest BCUT2D eigenvalue weighted by Crippen LogP contribution is -2.64. The van der Waals surface area contributed by atoms with E-state index in [1.807, 2.05) is 13.8 Å². The summed E-state index contributed by atoms with van der Waals surface area (Å²) in [5.74, 6) is -1.57. The van der Waals surface area contributed by atoms with E-state index in [1.165, 1.54) is 7.11 Å². The van der Waals surface area contributed by atoms with E-state index in [4.69, 9.17) is 33.2 Å². The zero-order valence-corrected chi connectivity index (χ0v) is 15.1. The smallest absolute Gasteiger partial charge is 0.190 e. The first kappa shape index (κ1) is 17.8. The van der Waals surface area contributed by atoms with E-state index in [1.54, 1.807) is 26.0 Å². The van der Waals surface area contributed by atoms with Crippen molar-refractivity contribution >= 4 is 0 Å². The molecule has 4 aliphatic rings. The van der Waals surface area contributed by atoms with Gasteiger partial charge in [-0.2, -0.15) is 0 Å². The fourth-order valence-corrected chi connectivity index (χ4v) is 4.04. The summed E-state index contributed by atoms with van der Waals surface area (Å²) in [4.78, 5) is 0. The van der Waals surface area contributed by atoms with E-state index >= 15 is 0 Å². The Balaban J connectivity index is 1.71. The summed E-state index contributed by atoms with van der Waals surface area (Å²) >= 11 is 0. The number of hydrogen-bond donors (Lipinski definition) is 1. The number of ether oxygens (including phenoxy) is 7. The third-order valence-electron chi connectivity index (χ3n) is 5.06. The van der Waals surface area contributed by atoms with Gasteiger partial charge in [0.2, 0.25) is 0 Å². The van der Waals surface area contributed by atoms with E-state index in [2.05, 4.69) is 0 Å². The van der Waals surface area contributed by atoms with E-state index in [9.17, 15) is 5.11 Å². The Morgan fingerprint density at radius 1 is 0.960 bits per heavy atom. The molecule has 0 aromatic carbocycles. The Bertz CT molecular complexity index is 561. The van der Waals surface area contributed by atoms with Crippen molar-refractivity contribution in [2.75, 3.05) is 13.7 Å². The van der Waals surface area contributed by atoms with Crippen LogP contribution in [0.2, 0.25) is 0 Å². The van der Waals surface area contributed by atoms with E-state index in [-0.39, 0.29) is 0 Å². The SMILES string of the molecule is CO[C@@H]1C=C[C@@H](O)[C@@]2(O1)[C@@H]([C@H]1COC(C)(C)O1)O[C@@H]1OC(C)(C)O[C@@H]12. The summed E-state index contributed by atoms with van der Waals surface area (Å²) in [6.45, 7) is 7.59. The lowest BCUT2D eigenvalue weighted by Gasteiger charge is -2.45. The van der Waals surface area contributed by atoms with E-state index in [0.717, 1.165) is 0 Å². The first-order chi connectivity index (χ1) is 11.7. The van der Waals surface area contributed by atoms with Crippen LogP contribution < -0.4 is 0 Å². The minimum absolute atomic E-state index is 0.319. The lowest BCUT2D eigenvalue weighted by atomic mass is 9.82. The second kappa shape index (κ2) is 5.71. The Kier molecular flexibility index (Phi) is 4.07. The van der Waals surface area contributed by atoms with Gasteiger partial charge in [-0.1, -0.05) is 6.08 Å². The normalized spacial score (nSPS) is 50.5. The molecule has 4 heterocycles. The largest absolute Gasteiger partial charge is 0.386 e. The average molecular weight is 358 g/mol. The molecule has 25 heavy (non-hydrogen) atoms. The molecule has 8 heteroatoms. The zero-order chi connectivity index (χ0) is 18.0. The Morgan fingerprint density at radius 3 is 2.36 bits per heavy atom. The van der Waals surface area contributed by atoms with Crippen LogP contribution in [-0.4, -0.2) is 73.0 Å². The monoisotopic (exact) mass is 358 g/mol. The van der Waals surface area contributed by atoms with Crippen LogP contribution in [0.4, 0.5) is 0 Å². The number of methoxy groups -OCH3 is 1. The van der Waals surface area contributed by atoms with Gasteiger partial charge in [-0.3, -0.25) is 0 Å². The third-order valence-corrected chi connectivity index (χ3v) is 5.06. The Morgan fingerprint density at radius 2 is 1.72 bits per heavy atom. The quantitative estimate of drug-likeness (QED) is 0.721. The van der Waals surface area contributed by atoms with Crippen molar-refractivity contribution in [3.63, 3.8) is 0 Å². The summed E-state index contributed by atoms with van der Waals surface area (Å²) in [7, 11) is 1.54. The van der Waals surface area contributed by atoms with Gasteiger partial charge >= 0.3 is 0 Å². The molecule has 3 saturated heterocycles. The summed E-state index contributed by atoms with van der Waals surface area (Å²) < 4.78 is 41.2. The molecule has 4 rings (SSSR count). The van der Waals surface area contributed by atoms with Crippen molar-refractivity contribution in [2.45, 2.75) is 81.9 Å². The van der Waals surface area contributed by atoms with Crippen molar-refractivity contribution < 1.29 is 38.3 Å². The van der Waals surface area contributed by atoms with Gasteiger partial charge in [-0.05, 0) is 33.8 Å². The zero-order valence-electron chi connectivity index (χ0n) is 15.1. The second-order valence-electron chi connectivity index (χ2n) is 7.75. The van der Waals surface area contributed by atoms with Crippen molar-refractivity contribution in [3.8, 4) is 0 Å².